The standard InChI is InChI=1S/C19H21NO5/c1-20-10-16(19(23)25-3)15(18(22)24-2)8-12-6-7-13(21)9-14(12)17(20)11-4-5-11/h6-11,17,21H,4-5H2,1-3H3. The number of hydrogen-bond donors (Lipinski definition) is 1. The minimum absolute atomic E-state index is 0.0113. The van der Waals surface area contributed by atoms with E-state index in [-0.39, 0.29) is 22.9 Å². The van der Waals surface area contributed by atoms with Crippen LogP contribution in [0.25, 0.3) is 6.08 Å². The number of hydrogen-bond acceptors (Lipinski definition) is 6. The van der Waals surface area contributed by atoms with Crippen molar-refractivity contribution >= 4 is 18.0 Å². The number of carbonyl (C=O) groups excluding carboxylic acids is 2. The Hall–Kier alpha value is -2.76. The Morgan fingerprint density at radius 2 is 1.76 bits per heavy atom. The number of fused-ring (bicyclic) bond motifs is 1. The molecule has 1 atom stereocenters. The van der Waals surface area contributed by atoms with Gasteiger partial charge in [-0.25, -0.2) is 9.59 Å². The molecule has 0 radical (unpaired) electrons. The zero-order valence-electron chi connectivity index (χ0n) is 14.5. The molecule has 6 heteroatoms. The lowest BCUT2D eigenvalue weighted by molar-refractivity contribution is -0.139. The summed E-state index contributed by atoms with van der Waals surface area (Å²) in [6.45, 7) is 0. The van der Waals surface area contributed by atoms with Crippen LogP contribution < -0.4 is 0 Å². The number of nitrogens with zero attached hydrogens (tertiary/aromatic N) is 1. The predicted octanol–water partition coefficient (Wildman–Crippen LogP) is 2.40. The molecule has 132 valence electrons. The van der Waals surface area contributed by atoms with Crippen LogP contribution in [-0.4, -0.2) is 43.2 Å². The Morgan fingerprint density at radius 1 is 1.12 bits per heavy atom. The molecule has 1 aliphatic heterocycles. The van der Waals surface area contributed by atoms with Gasteiger partial charge < -0.3 is 19.5 Å². The first-order valence-corrected chi connectivity index (χ1v) is 8.11. The van der Waals surface area contributed by atoms with E-state index in [4.69, 9.17) is 9.47 Å². The van der Waals surface area contributed by atoms with Crippen LogP contribution in [0, 0.1) is 5.92 Å². The number of phenols is 1. The van der Waals surface area contributed by atoms with Crippen molar-refractivity contribution in [2.75, 3.05) is 21.3 Å². The summed E-state index contributed by atoms with van der Waals surface area (Å²) < 4.78 is 9.70. The van der Waals surface area contributed by atoms with Crippen molar-refractivity contribution < 1.29 is 24.2 Å². The summed E-state index contributed by atoms with van der Waals surface area (Å²) >= 11 is 0. The first-order chi connectivity index (χ1) is 12.0. The molecule has 1 saturated carbocycles. The van der Waals surface area contributed by atoms with Gasteiger partial charge >= 0.3 is 11.9 Å². The van der Waals surface area contributed by atoms with Crippen LogP contribution >= 0.6 is 0 Å². The third-order valence-corrected chi connectivity index (χ3v) is 4.63. The van der Waals surface area contributed by atoms with Gasteiger partial charge in [0.05, 0.1) is 31.4 Å². The molecular formula is C19H21NO5. The first kappa shape index (κ1) is 17.1. The molecule has 1 fully saturated rings. The third-order valence-electron chi connectivity index (χ3n) is 4.63. The highest BCUT2D eigenvalue weighted by Crippen LogP contribution is 2.47. The molecule has 25 heavy (non-hydrogen) atoms. The molecule has 6 nitrogen and oxygen atoms in total. The highest BCUT2D eigenvalue weighted by atomic mass is 16.5. The molecule has 0 saturated heterocycles. The maximum Gasteiger partial charge on any atom is 0.340 e. The summed E-state index contributed by atoms with van der Waals surface area (Å²) in [6, 6.07) is 5.04. The van der Waals surface area contributed by atoms with E-state index in [0.717, 1.165) is 24.0 Å². The number of carbonyl (C=O) groups is 2. The van der Waals surface area contributed by atoms with Gasteiger partial charge in [-0.05, 0) is 48.1 Å². The van der Waals surface area contributed by atoms with Crippen LogP contribution in [0.3, 0.4) is 0 Å². The number of rotatable bonds is 3. The minimum atomic E-state index is -0.617. The lowest BCUT2D eigenvalue weighted by Crippen LogP contribution is -2.26. The molecule has 1 unspecified atom stereocenters. The Balaban J connectivity index is 2.24. The number of esters is 2. The van der Waals surface area contributed by atoms with E-state index < -0.39 is 11.9 Å². The molecule has 3 rings (SSSR count). The second-order valence-corrected chi connectivity index (χ2v) is 6.34. The highest BCUT2D eigenvalue weighted by molar-refractivity contribution is 6.10. The van der Waals surface area contributed by atoms with Gasteiger partial charge in [0.1, 0.15) is 5.75 Å². The van der Waals surface area contributed by atoms with Crippen LogP contribution in [0.2, 0.25) is 0 Å². The van der Waals surface area contributed by atoms with E-state index in [2.05, 4.69) is 0 Å². The van der Waals surface area contributed by atoms with Crippen LogP contribution in [0.15, 0.2) is 35.5 Å². The molecule has 1 N–H and O–H groups in total. The molecular weight excluding hydrogens is 322 g/mol. The van der Waals surface area contributed by atoms with E-state index in [1.165, 1.54) is 14.2 Å². The summed E-state index contributed by atoms with van der Waals surface area (Å²) in [6.07, 6.45) is 5.43. The van der Waals surface area contributed by atoms with Crippen molar-refractivity contribution in [3.8, 4) is 5.75 Å². The Kier molecular flexibility index (Phi) is 4.53. The van der Waals surface area contributed by atoms with Crippen molar-refractivity contribution in [1.82, 2.24) is 4.90 Å². The first-order valence-electron chi connectivity index (χ1n) is 8.11. The van der Waals surface area contributed by atoms with Gasteiger partial charge in [0, 0.05) is 13.2 Å². The molecule has 1 aromatic carbocycles. The summed E-state index contributed by atoms with van der Waals surface area (Å²) in [7, 11) is 4.41. The van der Waals surface area contributed by atoms with Gasteiger partial charge in [-0.15, -0.1) is 0 Å². The predicted molar refractivity (Wildman–Crippen MR) is 91.4 cm³/mol. The summed E-state index contributed by atoms with van der Waals surface area (Å²) in [5, 5.41) is 9.94. The average molecular weight is 343 g/mol. The zero-order valence-corrected chi connectivity index (χ0v) is 14.5. The SMILES string of the molecule is COC(=O)C1=Cc2ccc(O)cc2C(C2CC2)N(C)C=C1C(=O)OC. The Bertz CT molecular complexity index is 776. The van der Waals surface area contributed by atoms with Gasteiger partial charge in [0.25, 0.3) is 0 Å². The maximum absolute atomic E-state index is 12.3. The third kappa shape index (κ3) is 3.24. The fraction of sp³-hybridized carbons (Fsp3) is 0.368. The van der Waals surface area contributed by atoms with Crippen LogP contribution in [0.1, 0.15) is 30.0 Å². The number of methoxy groups -OCH3 is 2. The molecule has 1 aliphatic carbocycles. The van der Waals surface area contributed by atoms with Crippen molar-refractivity contribution in [3.05, 3.63) is 46.7 Å². The largest absolute Gasteiger partial charge is 0.508 e. The van der Waals surface area contributed by atoms with E-state index >= 15 is 0 Å². The van der Waals surface area contributed by atoms with E-state index in [1.807, 2.05) is 11.9 Å². The van der Waals surface area contributed by atoms with Gasteiger partial charge in [0.15, 0.2) is 0 Å². The van der Waals surface area contributed by atoms with Crippen LogP contribution in [0.5, 0.6) is 5.75 Å². The average Bonchev–Trinajstić information content (AvgIpc) is 3.42. The number of phenolic OH excluding ortho intramolecular Hbond substituents is 1. The van der Waals surface area contributed by atoms with E-state index in [0.29, 0.717) is 5.92 Å². The number of ether oxygens (including phenoxy) is 2. The van der Waals surface area contributed by atoms with Crippen molar-refractivity contribution in [2.24, 2.45) is 5.92 Å². The number of benzene rings is 1. The zero-order chi connectivity index (χ0) is 18.1. The van der Waals surface area contributed by atoms with Crippen molar-refractivity contribution in [1.29, 1.82) is 0 Å². The van der Waals surface area contributed by atoms with E-state index in [9.17, 15) is 14.7 Å². The van der Waals surface area contributed by atoms with Crippen LogP contribution in [-0.2, 0) is 19.1 Å². The second-order valence-electron chi connectivity index (χ2n) is 6.34. The summed E-state index contributed by atoms with van der Waals surface area (Å²) in [4.78, 5) is 26.4. The topological polar surface area (TPSA) is 76.1 Å². The molecule has 2 aliphatic rings. The van der Waals surface area contributed by atoms with Crippen molar-refractivity contribution in [2.45, 2.75) is 18.9 Å². The molecule has 1 heterocycles. The monoisotopic (exact) mass is 343 g/mol. The molecule has 1 aromatic rings. The fourth-order valence-corrected chi connectivity index (χ4v) is 3.31. The highest BCUT2D eigenvalue weighted by Gasteiger charge is 2.37. The molecule has 0 bridgehead atoms. The summed E-state index contributed by atoms with van der Waals surface area (Å²) in [5.41, 5.74) is 1.98. The fourth-order valence-electron chi connectivity index (χ4n) is 3.31. The second kappa shape index (κ2) is 6.63. The quantitative estimate of drug-likeness (QED) is 0.850. The molecule has 0 amide bonds. The maximum atomic E-state index is 12.3. The summed E-state index contributed by atoms with van der Waals surface area (Å²) in [5.74, 6) is -0.605. The lowest BCUT2D eigenvalue weighted by Gasteiger charge is -2.31. The van der Waals surface area contributed by atoms with Gasteiger partial charge in [0.2, 0.25) is 0 Å². The van der Waals surface area contributed by atoms with Gasteiger partial charge in [-0.3, -0.25) is 0 Å². The minimum Gasteiger partial charge on any atom is -0.508 e. The van der Waals surface area contributed by atoms with Crippen molar-refractivity contribution in [3.63, 3.8) is 0 Å². The van der Waals surface area contributed by atoms with Gasteiger partial charge in [-0.1, -0.05) is 6.07 Å². The van der Waals surface area contributed by atoms with E-state index in [1.54, 1.807) is 30.5 Å². The lowest BCUT2D eigenvalue weighted by atomic mass is 9.91. The number of aromatic hydroxyl groups is 1. The Morgan fingerprint density at radius 3 is 2.36 bits per heavy atom. The Labute approximate surface area is 146 Å². The normalized spacial score (nSPS) is 19.8. The smallest absolute Gasteiger partial charge is 0.340 e. The van der Waals surface area contributed by atoms with Gasteiger partial charge in [-0.2, -0.15) is 0 Å². The van der Waals surface area contributed by atoms with Crippen LogP contribution in [0.4, 0.5) is 0 Å². The molecule has 0 aromatic heterocycles. The molecule has 0 spiro atoms.